The average molecular weight is 392 g/mol. The van der Waals surface area contributed by atoms with Gasteiger partial charge < -0.3 is 10.6 Å². The molecule has 5 nitrogen and oxygen atoms in total. The van der Waals surface area contributed by atoms with Crippen molar-refractivity contribution in [3.05, 3.63) is 29.0 Å². The molecule has 0 aromatic carbocycles. The van der Waals surface area contributed by atoms with Crippen LogP contribution in [0.4, 0.5) is 13.2 Å². The number of rotatable bonds is 7. The highest BCUT2D eigenvalue weighted by atomic mass is 35.5. The number of pyridine rings is 1. The van der Waals surface area contributed by atoms with Crippen molar-refractivity contribution in [2.24, 2.45) is 10.9 Å². The van der Waals surface area contributed by atoms with Crippen LogP contribution in [0.3, 0.4) is 0 Å². The Labute approximate surface area is 157 Å². The zero-order chi connectivity index (χ0) is 19.0. The summed E-state index contributed by atoms with van der Waals surface area (Å²) in [7, 11) is 0. The van der Waals surface area contributed by atoms with E-state index in [1.54, 1.807) is 12.3 Å². The number of aromatic nitrogens is 1. The molecule has 1 unspecified atom stereocenters. The van der Waals surface area contributed by atoms with Crippen LogP contribution in [-0.2, 0) is 6.42 Å². The number of aliphatic imine (C=N–C) groups is 1. The van der Waals surface area contributed by atoms with Gasteiger partial charge in [-0.25, -0.2) is 4.98 Å². The summed E-state index contributed by atoms with van der Waals surface area (Å²) in [6.07, 6.45) is -0.875. The molecular formula is C17H25ClF3N5. The highest BCUT2D eigenvalue weighted by Crippen LogP contribution is 2.22. The quantitative estimate of drug-likeness (QED) is 0.426. The summed E-state index contributed by atoms with van der Waals surface area (Å²) in [4.78, 5) is 10.0. The molecule has 0 radical (unpaired) electrons. The first kappa shape index (κ1) is 20.8. The Morgan fingerprint density at radius 3 is 2.85 bits per heavy atom. The van der Waals surface area contributed by atoms with Gasteiger partial charge in [0.15, 0.2) is 5.96 Å². The summed E-state index contributed by atoms with van der Waals surface area (Å²) in [6, 6.07) is 3.68. The minimum Gasteiger partial charge on any atom is -0.357 e. The van der Waals surface area contributed by atoms with Gasteiger partial charge in [0.05, 0.1) is 6.54 Å². The molecule has 1 fully saturated rings. The van der Waals surface area contributed by atoms with Crippen LogP contribution in [0, 0.1) is 5.92 Å². The van der Waals surface area contributed by atoms with Crippen LogP contribution in [-0.4, -0.2) is 61.3 Å². The zero-order valence-electron chi connectivity index (χ0n) is 14.8. The predicted octanol–water partition coefficient (Wildman–Crippen LogP) is 2.72. The van der Waals surface area contributed by atoms with Crippen LogP contribution in [0.25, 0.3) is 0 Å². The third-order valence-corrected chi connectivity index (χ3v) is 4.34. The lowest BCUT2D eigenvalue weighted by Gasteiger charge is -2.17. The van der Waals surface area contributed by atoms with Crippen LogP contribution in [0.5, 0.6) is 0 Å². The smallest absolute Gasteiger partial charge is 0.357 e. The van der Waals surface area contributed by atoms with E-state index in [2.05, 4.69) is 20.6 Å². The largest absolute Gasteiger partial charge is 0.401 e. The second-order valence-corrected chi connectivity index (χ2v) is 6.78. The molecule has 0 aliphatic carbocycles. The molecule has 26 heavy (non-hydrogen) atoms. The summed E-state index contributed by atoms with van der Waals surface area (Å²) in [5.41, 5.74) is 1.07. The van der Waals surface area contributed by atoms with Gasteiger partial charge in [0.2, 0.25) is 0 Å². The summed E-state index contributed by atoms with van der Waals surface area (Å²) in [6.45, 7) is 3.99. The maximum Gasteiger partial charge on any atom is 0.401 e. The van der Waals surface area contributed by atoms with Gasteiger partial charge in [-0.05, 0) is 43.9 Å². The molecule has 0 amide bonds. The number of guanidine groups is 1. The van der Waals surface area contributed by atoms with Crippen LogP contribution < -0.4 is 10.6 Å². The maximum atomic E-state index is 12.4. The number of hydrogen-bond donors (Lipinski definition) is 2. The van der Waals surface area contributed by atoms with Gasteiger partial charge in [-0.15, -0.1) is 0 Å². The van der Waals surface area contributed by atoms with Gasteiger partial charge in [0.25, 0.3) is 0 Å². The molecule has 9 heteroatoms. The highest BCUT2D eigenvalue weighted by molar-refractivity contribution is 6.29. The monoisotopic (exact) mass is 391 g/mol. The summed E-state index contributed by atoms with van der Waals surface area (Å²) >= 11 is 5.76. The molecule has 146 valence electrons. The molecule has 0 spiro atoms. The van der Waals surface area contributed by atoms with E-state index in [0.717, 1.165) is 24.9 Å². The minimum atomic E-state index is -4.13. The average Bonchev–Trinajstić information content (AvgIpc) is 3.00. The van der Waals surface area contributed by atoms with Crippen molar-refractivity contribution in [2.75, 3.05) is 39.3 Å². The van der Waals surface area contributed by atoms with Crippen molar-refractivity contribution < 1.29 is 13.2 Å². The van der Waals surface area contributed by atoms with E-state index in [1.165, 1.54) is 4.90 Å². The number of nitrogens with one attached hydrogen (secondary N) is 2. The van der Waals surface area contributed by atoms with Gasteiger partial charge in [-0.1, -0.05) is 17.7 Å². The van der Waals surface area contributed by atoms with Crippen molar-refractivity contribution in [2.45, 2.75) is 25.9 Å². The van der Waals surface area contributed by atoms with Crippen molar-refractivity contribution in [1.29, 1.82) is 0 Å². The highest BCUT2D eigenvalue weighted by Gasteiger charge is 2.34. The Morgan fingerprint density at radius 1 is 1.38 bits per heavy atom. The van der Waals surface area contributed by atoms with E-state index in [-0.39, 0.29) is 5.92 Å². The van der Waals surface area contributed by atoms with Crippen LogP contribution in [0.15, 0.2) is 23.3 Å². The lowest BCUT2D eigenvalue weighted by atomic mass is 10.1. The topological polar surface area (TPSA) is 52.6 Å². The molecule has 0 bridgehead atoms. The van der Waals surface area contributed by atoms with Gasteiger partial charge >= 0.3 is 6.18 Å². The molecular weight excluding hydrogens is 367 g/mol. The molecule has 2 N–H and O–H groups in total. The van der Waals surface area contributed by atoms with Crippen molar-refractivity contribution >= 4 is 17.6 Å². The number of halogens is 4. The van der Waals surface area contributed by atoms with E-state index < -0.39 is 12.7 Å². The number of hydrogen-bond acceptors (Lipinski definition) is 3. The number of alkyl halides is 3. The number of likely N-dealkylation sites (tertiary alicyclic amines) is 1. The minimum absolute atomic E-state index is 0.160. The summed E-state index contributed by atoms with van der Waals surface area (Å²) in [5.74, 6) is 0.844. The fraction of sp³-hybridized carbons (Fsp3) is 0.647. The van der Waals surface area contributed by atoms with Crippen LogP contribution in [0.1, 0.15) is 18.9 Å². The second kappa shape index (κ2) is 9.97. The Bertz CT molecular complexity index is 577. The molecule has 1 aliphatic heterocycles. The fourth-order valence-corrected chi connectivity index (χ4v) is 3.01. The second-order valence-electron chi connectivity index (χ2n) is 6.39. The zero-order valence-corrected chi connectivity index (χ0v) is 15.6. The Morgan fingerprint density at radius 2 is 2.19 bits per heavy atom. The molecule has 1 atom stereocenters. The first-order chi connectivity index (χ1) is 12.4. The van der Waals surface area contributed by atoms with Crippen molar-refractivity contribution in [3.63, 3.8) is 0 Å². The van der Waals surface area contributed by atoms with Gasteiger partial charge in [-0.3, -0.25) is 9.89 Å². The standard InChI is InChI=1S/C17H25ClF3N5/c1-2-22-16(23-7-5-13-3-4-15(18)24-9-13)25-10-14-6-8-26(11-14)12-17(19,20)21/h3-4,9,14H,2,5-8,10-12H2,1H3,(H2,22,23,25). The number of nitrogens with zero attached hydrogens (tertiary/aromatic N) is 3. The Balaban J connectivity index is 1.76. The molecule has 2 rings (SSSR count). The first-order valence-electron chi connectivity index (χ1n) is 8.77. The lowest BCUT2D eigenvalue weighted by molar-refractivity contribution is -0.143. The Hall–Kier alpha value is -1.54. The maximum absolute atomic E-state index is 12.4. The predicted molar refractivity (Wildman–Crippen MR) is 97.5 cm³/mol. The van der Waals surface area contributed by atoms with E-state index >= 15 is 0 Å². The van der Waals surface area contributed by atoms with E-state index in [4.69, 9.17) is 11.6 Å². The lowest BCUT2D eigenvalue weighted by Crippen LogP contribution is -2.38. The molecule has 1 aromatic heterocycles. The molecule has 1 aliphatic rings. The van der Waals surface area contributed by atoms with Gasteiger partial charge in [0, 0.05) is 32.4 Å². The molecule has 0 saturated carbocycles. The van der Waals surface area contributed by atoms with Crippen molar-refractivity contribution in [3.8, 4) is 0 Å². The summed E-state index contributed by atoms with van der Waals surface area (Å²) in [5, 5.41) is 6.87. The molecule has 1 aromatic rings. The van der Waals surface area contributed by atoms with Gasteiger partial charge in [-0.2, -0.15) is 13.2 Å². The van der Waals surface area contributed by atoms with E-state index in [9.17, 15) is 13.2 Å². The third kappa shape index (κ3) is 7.78. The van der Waals surface area contributed by atoms with Crippen molar-refractivity contribution in [1.82, 2.24) is 20.5 Å². The van der Waals surface area contributed by atoms with E-state index in [0.29, 0.717) is 37.3 Å². The van der Waals surface area contributed by atoms with Crippen LogP contribution in [0.2, 0.25) is 5.15 Å². The Kier molecular flexibility index (Phi) is 7.96. The van der Waals surface area contributed by atoms with Crippen LogP contribution >= 0.6 is 11.6 Å². The molecule has 2 heterocycles. The molecule has 1 saturated heterocycles. The third-order valence-electron chi connectivity index (χ3n) is 4.12. The van der Waals surface area contributed by atoms with E-state index in [1.807, 2.05) is 13.0 Å². The fourth-order valence-electron chi connectivity index (χ4n) is 2.90. The normalized spacial score (nSPS) is 19.0. The SMILES string of the molecule is CCNC(=NCC1CCN(CC(F)(F)F)C1)NCCc1ccc(Cl)nc1. The summed E-state index contributed by atoms with van der Waals surface area (Å²) < 4.78 is 37.3. The first-order valence-corrected chi connectivity index (χ1v) is 9.15. The van der Waals surface area contributed by atoms with Gasteiger partial charge in [0.1, 0.15) is 5.15 Å².